The second kappa shape index (κ2) is 4.25. The van der Waals surface area contributed by atoms with Crippen molar-refractivity contribution in [2.24, 2.45) is 0 Å². The van der Waals surface area contributed by atoms with Crippen molar-refractivity contribution in [1.82, 2.24) is 0 Å². The van der Waals surface area contributed by atoms with E-state index in [0.29, 0.717) is 5.56 Å². The molecule has 0 spiro atoms. The highest BCUT2D eigenvalue weighted by Crippen LogP contribution is 2.25. The van der Waals surface area contributed by atoms with E-state index in [4.69, 9.17) is 10.2 Å². The fourth-order valence-electron chi connectivity index (χ4n) is 1.25. The van der Waals surface area contributed by atoms with Gasteiger partial charge in [-0.15, -0.1) is 0 Å². The van der Waals surface area contributed by atoms with Crippen LogP contribution in [0.25, 0.3) is 0 Å². The zero-order valence-corrected chi connectivity index (χ0v) is 7.57. The van der Waals surface area contributed by atoms with Gasteiger partial charge in [0.05, 0.1) is 13.2 Å². The molecule has 0 bridgehead atoms. The summed E-state index contributed by atoms with van der Waals surface area (Å²) in [5.74, 6) is -0.256. The minimum Gasteiger partial charge on any atom is -0.508 e. The number of aliphatic hydroxyl groups excluding tert-OH is 2. The molecule has 1 aromatic rings. The van der Waals surface area contributed by atoms with E-state index in [0.717, 1.165) is 5.56 Å². The maximum atomic E-state index is 9.50. The first-order valence-electron chi connectivity index (χ1n) is 4.20. The fourth-order valence-corrected chi connectivity index (χ4v) is 1.25. The number of benzene rings is 1. The van der Waals surface area contributed by atoms with E-state index in [9.17, 15) is 5.11 Å². The Labute approximate surface area is 77.3 Å². The van der Waals surface area contributed by atoms with Crippen LogP contribution in [0.15, 0.2) is 18.2 Å². The minimum atomic E-state index is -0.388. The molecule has 0 atom stereocenters. The van der Waals surface area contributed by atoms with Crippen LogP contribution in [0.4, 0.5) is 0 Å². The Morgan fingerprint density at radius 3 is 2.31 bits per heavy atom. The molecule has 3 N–H and O–H groups in total. The Bertz CT molecular complexity index is 279. The molecule has 0 saturated heterocycles. The van der Waals surface area contributed by atoms with E-state index in [1.807, 2.05) is 13.0 Å². The van der Waals surface area contributed by atoms with Gasteiger partial charge in [0, 0.05) is 11.5 Å². The largest absolute Gasteiger partial charge is 0.508 e. The standard InChI is InChI=1S/C10H14O3/c1-7-2-3-9(10(13)4-7)8(5-11)6-12/h2-4,8,11-13H,5-6H2,1H3. The van der Waals surface area contributed by atoms with E-state index >= 15 is 0 Å². The lowest BCUT2D eigenvalue weighted by molar-refractivity contribution is 0.190. The van der Waals surface area contributed by atoms with Crippen molar-refractivity contribution in [1.29, 1.82) is 0 Å². The third-order valence-electron chi connectivity index (χ3n) is 2.07. The number of phenols is 1. The molecule has 3 heteroatoms. The van der Waals surface area contributed by atoms with Crippen molar-refractivity contribution < 1.29 is 15.3 Å². The predicted molar refractivity (Wildman–Crippen MR) is 49.8 cm³/mol. The maximum absolute atomic E-state index is 9.50. The Balaban J connectivity index is 2.99. The Morgan fingerprint density at radius 2 is 1.85 bits per heavy atom. The van der Waals surface area contributed by atoms with Gasteiger partial charge in [-0.05, 0) is 18.6 Å². The van der Waals surface area contributed by atoms with Gasteiger partial charge in [0.2, 0.25) is 0 Å². The van der Waals surface area contributed by atoms with Crippen LogP contribution in [0.5, 0.6) is 5.75 Å². The molecule has 0 aliphatic rings. The summed E-state index contributed by atoms with van der Waals surface area (Å²) in [5, 5.41) is 27.3. The zero-order valence-electron chi connectivity index (χ0n) is 7.57. The summed E-state index contributed by atoms with van der Waals surface area (Å²) >= 11 is 0. The maximum Gasteiger partial charge on any atom is 0.119 e. The number of rotatable bonds is 3. The number of phenolic OH excluding ortho intramolecular Hbond substituents is 1. The number of aryl methyl sites for hydroxylation is 1. The third-order valence-corrected chi connectivity index (χ3v) is 2.07. The number of hydrogen-bond acceptors (Lipinski definition) is 3. The first-order valence-corrected chi connectivity index (χ1v) is 4.20. The molecule has 72 valence electrons. The minimum absolute atomic E-state index is 0.133. The molecule has 1 aromatic carbocycles. The molecule has 0 amide bonds. The summed E-state index contributed by atoms with van der Waals surface area (Å²) in [7, 11) is 0. The SMILES string of the molecule is Cc1ccc(C(CO)CO)c(O)c1. The second-order valence-corrected chi connectivity index (χ2v) is 3.12. The Kier molecular flexibility index (Phi) is 3.28. The van der Waals surface area contributed by atoms with Gasteiger partial charge >= 0.3 is 0 Å². The van der Waals surface area contributed by atoms with E-state index in [1.54, 1.807) is 12.1 Å². The molecule has 1 rings (SSSR count). The number of aromatic hydroxyl groups is 1. The highest BCUT2D eigenvalue weighted by atomic mass is 16.3. The lowest BCUT2D eigenvalue weighted by Crippen LogP contribution is -2.08. The fraction of sp³-hybridized carbons (Fsp3) is 0.400. The average Bonchev–Trinajstić information content (AvgIpc) is 2.10. The van der Waals surface area contributed by atoms with E-state index < -0.39 is 0 Å². The number of aliphatic hydroxyl groups is 2. The average molecular weight is 182 g/mol. The van der Waals surface area contributed by atoms with Crippen LogP contribution in [0.1, 0.15) is 17.0 Å². The first kappa shape index (κ1) is 10.0. The summed E-state index contributed by atoms with van der Waals surface area (Å²) in [6.07, 6.45) is 0. The van der Waals surface area contributed by atoms with Gasteiger partial charge in [0.1, 0.15) is 5.75 Å². The van der Waals surface area contributed by atoms with E-state index in [1.165, 1.54) is 0 Å². The second-order valence-electron chi connectivity index (χ2n) is 3.12. The summed E-state index contributed by atoms with van der Waals surface area (Å²) < 4.78 is 0. The Morgan fingerprint density at radius 1 is 1.23 bits per heavy atom. The highest BCUT2D eigenvalue weighted by Gasteiger charge is 2.12. The van der Waals surface area contributed by atoms with E-state index in [2.05, 4.69) is 0 Å². The van der Waals surface area contributed by atoms with Crippen LogP contribution in [-0.2, 0) is 0 Å². The molecule has 0 unspecified atom stereocenters. The van der Waals surface area contributed by atoms with Crippen molar-refractivity contribution >= 4 is 0 Å². The summed E-state index contributed by atoms with van der Waals surface area (Å²) in [4.78, 5) is 0. The lowest BCUT2D eigenvalue weighted by atomic mass is 9.99. The summed E-state index contributed by atoms with van der Waals surface area (Å²) in [6.45, 7) is 1.55. The smallest absolute Gasteiger partial charge is 0.119 e. The molecule has 3 nitrogen and oxygen atoms in total. The van der Waals surface area contributed by atoms with Crippen molar-refractivity contribution in [2.45, 2.75) is 12.8 Å². The molecule has 0 aliphatic heterocycles. The van der Waals surface area contributed by atoms with Gasteiger partial charge < -0.3 is 15.3 Å². The molecular weight excluding hydrogens is 168 g/mol. The van der Waals surface area contributed by atoms with Gasteiger partial charge in [-0.1, -0.05) is 12.1 Å². The predicted octanol–water partition coefficient (Wildman–Crippen LogP) is 0.769. The lowest BCUT2D eigenvalue weighted by Gasteiger charge is -2.13. The van der Waals surface area contributed by atoms with Gasteiger partial charge in [-0.2, -0.15) is 0 Å². The van der Waals surface area contributed by atoms with Gasteiger partial charge in [0.15, 0.2) is 0 Å². The monoisotopic (exact) mass is 182 g/mol. The molecule has 0 aliphatic carbocycles. The molecule has 0 fully saturated rings. The molecule has 13 heavy (non-hydrogen) atoms. The molecule has 0 aromatic heterocycles. The first-order chi connectivity index (χ1) is 6.19. The van der Waals surface area contributed by atoms with Gasteiger partial charge in [0.25, 0.3) is 0 Å². The van der Waals surface area contributed by atoms with Crippen LogP contribution in [0, 0.1) is 6.92 Å². The van der Waals surface area contributed by atoms with Gasteiger partial charge in [-0.3, -0.25) is 0 Å². The Hall–Kier alpha value is -1.06. The van der Waals surface area contributed by atoms with Crippen molar-refractivity contribution in [3.63, 3.8) is 0 Å². The molecule has 0 saturated carbocycles. The van der Waals surface area contributed by atoms with Crippen molar-refractivity contribution in [2.75, 3.05) is 13.2 Å². The summed E-state index contributed by atoms with van der Waals surface area (Å²) in [5.41, 5.74) is 1.55. The molecule has 0 radical (unpaired) electrons. The van der Waals surface area contributed by atoms with Crippen molar-refractivity contribution in [3.05, 3.63) is 29.3 Å². The molecule has 0 heterocycles. The summed E-state index contributed by atoms with van der Waals surface area (Å²) in [6, 6.07) is 5.18. The quantitative estimate of drug-likeness (QED) is 0.647. The third kappa shape index (κ3) is 2.20. The zero-order chi connectivity index (χ0) is 9.84. The van der Waals surface area contributed by atoms with Crippen molar-refractivity contribution in [3.8, 4) is 5.75 Å². The molecular formula is C10H14O3. The highest BCUT2D eigenvalue weighted by molar-refractivity contribution is 5.38. The normalized spacial score (nSPS) is 10.8. The van der Waals surface area contributed by atoms with Crippen LogP contribution in [0.2, 0.25) is 0 Å². The number of hydrogen-bond donors (Lipinski definition) is 3. The van der Waals surface area contributed by atoms with E-state index in [-0.39, 0.29) is 24.9 Å². The topological polar surface area (TPSA) is 60.7 Å². The van der Waals surface area contributed by atoms with Crippen LogP contribution in [0.3, 0.4) is 0 Å². The van der Waals surface area contributed by atoms with Crippen LogP contribution >= 0.6 is 0 Å². The van der Waals surface area contributed by atoms with Crippen LogP contribution < -0.4 is 0 Å². The van der Waals surface area contributed by atoms with Crippen LogP contribution in [-0.4, -0.2) is 28.5 Å². The van der Waals surface area contributed by atoms with Gasteiger partial charge in [-0.25, -0.2) is 0 Å².